The molecule has 0 radical (unpaired) electrons. The first-order chi connectivity index (χ1) is 12.6. The fourth-order valence-corrected chi connectivity index (χ4v) is 2.90. The number of para-hydroxylation sites is 2. The van der Waals surface area contributed by atoms with Crippen molar-refractivity contribution in [3.8, 4) is 0 Å². The van der Waals surface area contributed by atoms with Crippen LogP contribution in [0.3, 0.4) is 0 Å². The Labute approximate surface area is 152 Å². The van der Waals surface area contributed by atoms with E-state index in [0.717, 1.165) is 16.6 Å². The summed E-state index contributed by atoms with van der Waals surface area (Å²) in [6, 6.07) is 17.6. The average Bonchev–Trinajstić information content (AvgIpc) is 3.07. The largest absolute Gasteiger partial charge is 0.370 e. The van der Waals surface area contributed by atoms with Gasteiger partial charge in [-0.1, -0.05) is 42.5 Å². The van der Waals surface area contributed by atoms with E-state index in [2.05, 4.69) is 4.98 Å². The Morgan fingerprint density at radius 2 is 1.73 bits per heavy atom. The van der Waals surface area contributed by atoms with Crippen LogP contribution in [-0.2, 0) is 22.7 Å². The van der Waals surface area contributed by atoms with Gasteiger partial charge in [0.1, 0.15) is 0 Å². The Kier molecular flexibility index (Phi) is 5.63. The molecule has 26 heavy (non-hydrogen) atoms. The number of carbonyl (C=O) groups excluding carboxylic acids is 2. The lowest BCUT2D eigenvalue weighted by Gasteiger charge is -2.22. The Bertz CT molecular complexity index is 889. The smallest absolute Gasteiger partial charge is 0.224 e. The molecule has 0 unspecified atom stereocenters. The van der Waals surface area contributed by atoms with Gasteiger partial charge in [-0.05, 0) is 17.7 Å². The van der Waals surface area contributed by atoms with Crippen LogP contribution in [0.2, 0.25) is 0 Å². The second-order valence-corrected chi connectivity index (χ2v) is 6.19. The van der Waals surface area contributed by atoms with Crippen LogP contribution in [0, 0.1) is 0 Å². The van der Waals surface area contributed by atoms with E-state index in [1.165, 1.54) is 0 Å². The second kappa shape index (κ2) is 8.29. The van der Waals surface area contributed by atoms with Crippen LogP contribution in [0.5, 0.6) is 0 Å². The number of amides is 2. The van der Waals surface area contributed by atoms with Crippen LogP contribution in [0.4, 0.5) is 0 Å². The molecule has 0 spiro atoms. The third-order valence-corrected chi connectivity index (χ3v) is 4.29. The summed E-state index contributed by atoms with van der Waals surface area (Å²) in [6.45, 7) is 1.34. The molecule has 2 amide bonds. The van der Waals surface area contributed by atoms with Gasteiger partial charge in [-0.3, -0.25) is 9.59 Å². The molecular weight excluding hydrogens is 328 g/mol. The van der Waals surface area contributed by atoms with Crippen LogP contribution in [0.25, 0.3) is 11.0 Å². The zero-order valence-corrected chi connectivity index (χ0v) is 14.5. The molecule has 0 aliphatic carbocycles. The summed E-state index contributed by atoms with van der Waals surface area (Å²) in [5.74, 6) is -0.413. The second-order valence-electron chi connectivity index (χ2n) is 6.19. The summed E-state index contributed by atoms with van der Waals surface area (Å²) >= 11 is 0. The monoisotopic (exact) mass is 350 g/mol. The first-order valence-corrected chi connectivity index (χ1v) is 8.63. The lowest BCUT2D eigenvalue weighted by molar-refractivity contribution is -0.132. The minimum Gasteiger partial charge on any atom is -0.370 e. The number of aryl methyl sites for hydroxylation is 1. The van der Waals surface area contributed by atoms with Crippen molar-refractivity contribution >= 4 is 22.8 Å². The minimum absolute atomic E-state index is 0.00659. The highest BCUT2D eigenvalue weighted by molar-refractivity contribution is 5.79. The van der Waals surface area contributed by atoms with E-state index < -0.39 is 5.91 Å². The Balaban J connectivity index is 1.67. The molecule has 6 heteroatoms. The van der Waals surface area contributed by atoms with Crippen LogP contribution < -0.4 is 5.73 Å². The molecule has 0 fully saturated rings. The normalized spacial score (nSPS) is 10.8. The van der Waals surface area contributed by atoms with Gasteiger partial charge in [-0.15, -0.1) is 0 Å². The maximum Gasteiger partial charge on any atom is 0.224 e. The number of primary amides is 1. The quantitative estimate of drug-likeness (QED) is 0.677. The summed E-state index contributed by atoms with van der Waals surface area (Å²) in [6.07, 6.45) is 2.25. The van der Waals surface area contributed by atoms with Gasteiger partial charge in [0.05, 0.1) is 17.4 Å². The predicted octanol–water partition coefficient (Wildman–Crippen LogP) is 2.33. The van der Waals surface area contributed by atoms with Gasteiger partial charge in [-0.2, -0.15) is 0 Å². The highest BCUT2D eigenvalue weighted by atomic mass is 16.2. The van der Waals surface area contributed by atoms with E-state index in [0.29, 0.717) is 26.1 Å². The van der Waals surface area contributed by atoms with Crippen molar-refractivity contribution in [2.45, 2.75) is 25.9 Å². The summed E-state index contributed by atoms with van der Waals surface area (Å²) in [7, 11) is 0. The van der Waals surface area contributed by atoms with Crippen LogP contribution >= 0.6 is 0 Å². The molecule has 0 aliphatic rings. The van der Waals surface area contributed by atoms with Crippen molar-refractivity contribution in [1.82, 2.24) is 14.5 Å². The molecular formula is C20H22N4O2. The summed E-state index contributed by atoms with van der Waals surface area (Å²) in [4.78, 5) is 29.9. The van der Waals surface area contributed by atoms with Gasteiger partial charge in [0, 0.05) is 32.5 Å². The predicted molar refractivity (Wildman–Crippen MR) is 100 cm³/mol. The van der Waals surface area contributed by atoms with Crippen molar-refractivity contribution < 1.29 is 9.59 Å². The molecule has 3 rings (SSSR count). The Morgan fingerprint density at radius 3 is 2.50 bits per heavy atom. The summed E-state index contributed by atoms with van der Waals surface area (Å²) in [5.41, 5.74) is 8.20. The number of hydrogen-bond acceptors (Lipinski definition) is 3. The van der Waals surface area contributed by atoms with Crippen LogP contribution in [0.15, 0.2) is 60.9 Å². The standard InChI is InChI=1S/C20H22N4O2/c21-19(25)10-12-23(14-16-6-2-1-3-7-16)20(26)11-13-24-15-22-17-8-4-5-9-18(17)24/h1-9,15H,10-14H2,(H2,21,25). The fourth-order valence-electron chi connectivity index (χ4n) is 2.90. The molecule has 6 nitrogen and oxygen atoms in total. The molecule has 0 bridgehead atoms. The molecule has 0 atom stereocenters. The van der Waals surface area contributed by atoms with E-state index in [4.69, 9.17) is 5.73 Å². The number of fused-ring (bicyclic) bond motifs is 1. The summed E-state index contributed by atoms with van der Waals surface area (Å²) in [5, 5.41) is 0. The van der Waals surface area contributed by atoms with E-state index in [-0.39, 0.29) is 12.3 Å². The third kappa shape index (κ3) is 4.47. The number of hydrogen-bond donors (Lipinski definition) is 1. The van der Waals surface area contributed by atoms with Gasteiger partial charge < -0.3 is 15.2 Å². The minimum atomic E-state index is -0.406. The molecule has 2 N–H and O–H groups in total. The van der Waals surface area contributed by atoms with Gasteiger partial charge in [0.25, 0.3) is 0 Å². The number of aromatic nitrogens is 2. The van der Waals surface area contributed by atoms with Gasteiger partial charge in [-0.25, -0.2) is 4.98 Å². The zero-order chi connectivity index (χ0) is 18.4. The van der Waals surface area contributed by atoms with Crippen LogP contribution in [0.1, 0.15) is 18.4 Å². The number of nitrogens with two attached hydrogens (primary N) is 1. The molecule has 0 saturated heterocycles. The topological polar surface area (TPSA) is 81.2 Å². The number of imidazole rings is 1. The number of nitrogens with zero attached hydrogens (tertiary/aromatic N) is 3. The average molecular weight is 350 g/mol. The molecule has 0 aliphatic heterocycles. The first-order valence-electron chi connectivity index (χ1n) is 8.63. The summed E-state index contributed by atoms with van der Waals surface area (Å²) < 4.78 is 1.97. The van der Waals surface area contributed by atoms with E-state index in [1.54, 1.807) is 11.2 Å². The van der Waals surface area contributed by atoms with Gasteiger partial charge in [0.15, 0.2) is 0 Å². The number of benzene rings is 2. The molecule has 0 saturated carbocycles. The fraction of sp³-hybridized carbons (Fsp3) is 0.250. The zero-order valence-electron chi connectivity index (χ0n) is 14.5. The molecule has 134 valence electrons. The molecule has 2 aromatic carbocycles. The van der Waals surface area contributed by atoms with Gasteiger partial charge >= 0.3 is 0 Å². The van der Waals surface area contributed by atoms with Crippen LogP contribution in [-0.4, -0.2) is 32.8 Å². The maximum absolute atomic E-state index is 12.7. The van der Waals surface area contributed by atoms with Crippen molar-refractivity contribution in [3.05, 3.63) is 66.5 Å². The Hall–Kier alpha value is -3.15. The lowest BCUT2D eigenvalue weighted by atomic mass is 10.2. The van der Waals surface area contributed by atoms with Gasteiger partial charge in [0.2, 0.25) is 11.8 Å². The molecule has 1 aromatic heterocycles. The van der Waals surface area contributed by atoms with E-state index >= 15 is 0 Å². The maximum atomic E-state index is 12.7. The third-order valence-electron chi connectivity index (χ3n) is 4.29. The molecule has 3 aromatic rings. The van der Waals surface area contributed by atoms with Crippen molar-refractivity contribution in [1.29, 1.82) is 0 Å². The SMILES string of the molecule is NC(=O)CCN(Cc1ccccc1)C(=O)CCn1cnc2ccccc21. The van der Waals surface area contributed by atoms with E-state index in [9.17, 15) is 9.59 Å². The number of rotatable bonds is 8. The lowest BCUT2D eigenvalue weighted by Crippen LogP contribution is -2.34. The highest BCUT2D eigenvalue weighted by Crippen LogP contribution is 2.13. The van der Waals surface area contributed by atoms with Crippen molar-refractivity contribution in [2.24, 2.45) is 5.73 Å². The first kappa shape index (κ1) is 17.7. The highest BCUT2D eigenvalue weighted by Gasteiger charge is 2.15. The van der Waals surface area contributed by atoms with Crippen molar-refractivity contribution in [3.63, 3.8) is 0 Å². The Morgan fingerprint density at radius 1 is 1.00 bits per heavy atom. The molecule has 1 heterocycles. The van der Waals surface area contributed by atoms with E-state index in [1.807, 2.05) is 59.2 Å². The number of carbonyl (C=O) groups is 2. The van der Waals surface area contributed by atoms with Crippen molar-refractivity contribution in [2.75, 3.05) is 6.54 Å².